The number of hydrogen-bond donors (Lipinski definition) is 4. The van der Waals surface area contributed by atoms with Gasteiger partial charge < -0.3 is 0 Å². The molecular weight excluding hydrogens is 279 g/mol. The second-order valence-electron chi connectivity index (χ2n) is 1.12. The molecule has 5 atom stereocenters. The Kier molecular flexibility index (Phi) is 24.1. The van der Waals surface area contributed by atoms with Crippen LogP contribution in [0.1, 0.15) is 0 Å². The first-order valence-corrected chi connectivity index (χ1v) is 7.46. The second-order valence-corrected chi connectivity index (χ2v) is 7.14. The van der Waals surface area contributed by atoms with Crippen LogP contribution in [0.2, 0.25) is 0 Å². The molecule has 0 aliphatic carbocycles. The van der Waals surface area contributed by atoms with Gasteiger partial charge in [-0.1, -0.05) is 9.39 Å². The average molecular weight is 291 g/mol. The summed E-state index contributed by atoms with van der Waals surface area (Å²) in [6.45, 7) is 0. The first kappa shape index (κ1) is 17.5. The molecule has 0 aromatic heterocycles. The molecule has 0 aliphatic rings. The summed E-state index contributed by atoms with van der Waals surface area (Å²) >= 11 is 0. The quantitative estimate of drug-likeness (QED) is 0.304. The molecule has 0 heterocycles. The van der Waals surface area contributed by atoms with Gasteiger partial charge in [0.1, 0.15) is 0 Å². The van der Waals surface area contributed by atoms with Crippen molar-refractivity contribution in [1.82, 2.24) is 19.4 Å². The molecule has 0 aliphatic heterocycles. The van der Waals surface area contributed by atoms with E-state index in [4.69, 9.17) is 0 Å². The fourth-order valence-electron chi connectivity index (χ4n) is 0.217. The van der Waals surface area contributed by atoms with Crippen LogP contribution in [0.4, 0.5) is 0 Å². The molecule has 5 unspecified atom stereocenters. The normalized spacial score (nSPS) is 13.1. The van der Waals surface area contributed by atoms with Crippen molar-refractivity contribution in [2.45, 2.75) is 0 Å². The molecule has 12 heavy (non-hydrogen) atoms. The van der Waals surface area contributed by atoms with Crippen LogP contribution in [0, 0.1) is 0 Å². The van der Waals surface area contributed by atoms with E-state index in [0.717, 1.165) is 0 Å². The van der Waals surface area contributed by atoms with Gasteiger partial charge in [0, 0.05) is 26.6 Å². The minimum atomic E-state index is 0. The molecule has 0 bridgehead atoms. The van der Waals surface area contributed by atoms with Crippen molar-refractivity contribution >= 4 is 83.5 Å². The molecule has 0 amide bonds. The summed E-state index contributed by atoms with van der Waals surface area (Å²) in [6.07, 6.45) is 0. The summed E-state index contributed by atoms with van der Waals surface area (Å²) in [5.41, 5.74) is 0. The maximum absolute atomic E-state index is 3.73. The molecule has 0 rings (SSSR count). The van der Waals surface area contributed by atoms with E-state index in [1.807, 2.05) is 0 Å². The van der Waals surface area contributed by atoms with Gasteiger partial charge in [-0.25, -0.2) is 9.37 Å². The number of nitrogens with one attached hydrogen (secondary N) is 4. The molecule has 4 N–H and O–H groups in total. The van der Waals surface area contributed by atoms with Crippen LogP contribution in [-0.2, 0) is 0 Å². The van der Waals surface area contributed by atoms with Crippen LogP contribution in [0.15, 0.2) is 4.52 Å². The third kappa shape index (κ3) is 15.6. The summed E-state index contributed by atoms with van der Waals surface area (Å²) in [4.78, 5) is 12.3. The molecule has 0 radical (unpaired) electrons. The Morgan fingerprint density at radius 1 is 1.08 bits per heavy atom. The molecule has 68 valence electrons. The first-order chi connectivity index (χ1) is 5.41. The summed E-state index contributed by atoms with van der Waals surface area (Å²) in [6, 6.07) is 0. The van der Waals surface area contributed by atoms with Gasteiger partial charge in [0.2, 0.25) is 0 Å². The SMILES string of the molecule is P=NPNPNPNPNP.[NaH]. The Morgan fingerprint density at radius 2 is 1.67 bits per heavy atom. The van der Waals surface area contributed by atoms with E-state index in [9.17, 15) is 0 Å². The maximum atomic E-state index is 3.73. The molecule has 0 aromatic rings. The summed E-state index contributed by atoms with van der Waals surface area (Å²) < 4.78 is 3.73. The van der Waals surface area contributed by atoms with Gasteiger partial charge in [-0.2, -0.15) is 0 Å². The standard InChI is InChI=1S/H11N5P6.Na.H/c6-1-8-3-10-5-11-4-9-2-7;;/h1,3-5,7-11H,6H2;;. The van der Waals surface area contributed by atoms with Gasteiger partial charge in [0.25, 0.3) is 0 Å². The zero-order valence-corrected chi connectivity index (χ0v) is 11.7. The van der Waals surface area contributed by atoms with E-state index < -0.39 is 0 Å². The fourth-order valence-corrected chi connectivity index (χ4v) is 4.23. The average Bonchev–Trinajstić information content (AvgIpc) is 2.03. The molecule has 0 saturated heterocycles. The predicted molar refractivity (Wildman–Crippen MR) is 73.4 cm³/mol. The fraction of sp³-hybridized carbons (Fsp3) is 0. The van der Waals surface area contributed by atoms with Crippen LogP contribution < -0.4 is 19.4 Å². The number of hydrogen-bond acceptors (Lipinski definition) is 5. The molecule has 0 fully saturated rings. The Labute approximate surface area is 107 Å². The van der Waals surface area contributed by atoms with Crippen molar-refractivity contribution in [2.75, 3.05) is 0 Å². The van der Waals surface area contributed by atoms with E-state index >= 15 is 0 Å². The third-order valence-corrected chi connectivity index (χ3v) is 4.47. The Morgan fingerprint density at radius 3 is 2.25 bits per heavy atom. The van der Waals surface area contributed by atoms with Gasteiger partial charge >= 0.3 is 29.6 Å². The Bertz CT molecular complexity index is 90.0. The Balaban J connectivity index is 0. The van der Waals surface area contributed by atoms with Gasteiger partial charge in [0.05, 0.1) is 8.88 Å². The molecule has 0 aromatic carbocycles. The van der Waals surface area contributed by atoms with Crippen molar-refractivity contribution in [2.24, 2.45) is 4.52 Å². The zero-order chi connectivity index (χ0) is 8.36. The van der Waals surface area contributed by atoms with Crippen LogP contribution >= 0.6 is 54.0 Å². The molecule has 0 spiro atoms. The van der Waals surface area contributed by atoms with Gasteiger partial charge in [-0.15, -0.1) is 0 Å². The van der Waals surface area contributed by atoms with Gasteiger partial charge in [-0.05, 0) is 9.03 Å². The van der Waals surface area contributed by atoms with Crippen LogP contribution in [0.3, 0.4) is 0 Å². The van der Waals surface area contributed by atoms with E-state index in [2.05, 4.69) is 42.4 Å². The number of nitrogens with zero attached hydrogens (tertiary/aromatic N) is 1. The molecule has 12 heteroatoms. The second kappa shape index (κ2) is 16.5. The van der Waals surface area contributed by atoms with Gasteiger partial charge in [0.15, 0.2) is 0 Å². The van der Waals surface area contributed by atoms with Crippen LogP contribution in [0.5, 0.6) is 0 Å². The topological polar surface area (TPSA) is 60.5 Å². The number of rotatable bonds is 8. The minimum absolute atomic E-state index is 0. The summed E-state index contributed by atoms with van der Waals surface area (Å²) in [5, 5.41) is 0. The summed E-state index contributed by atoms with van der Waals surface area (Å²) in [7, 11) is 7.60. The predicted octanol–water partition coefficient (Wildman–Crippen LogP) is 0.847. The van der Waals surface area contributed by atoms with Crippen molar-refractivity contribution < 1.29 is 0 Å². The van der Waals surface area contributed by atoms with E-state index in [1.165, 1.54) is 0 Å². The van der Waals surface area contributed by atoms with Crippen molar-refractivity contribution in [3.63, 3.8) is 0 Å². The third-order valence-electron chi connectivity index (χ3n) is 0.496. The first-order valence-electron chi connectivity index (χ1n) is 2.49. The summed E-state index contributed by atoms with van der Waals surface area (Å²) in [5.74, 6) is 0. The van der Waals surface area contributed by atoms with Crippen molar-refractivity contribution in [3.8, 4) is 0 Å². The van der Waals surface area contributed by atoms with Crippen molar-refractivity contribution in [3.05, 3.63) is 0 Å². The van der Waals surface area contributed by atoms with Crippen molar-refractivity contribution in [1.29, 1.82) is 0 Å². The molecule has 0 saturated carbocycles. The van der Waals surface area contributed by atoms with Crippen LogP contribution in [-0.4, -0.2) is 29.6 Å². The molecule has 5 nitrogen and oxygen atoms in total. The van der Waals surface area contributed by atoms with Gasteiger partial charge in [-0.3, -0.25) is 14.6 Å². The van der Waals surface area contributed by atoms with E-state index in [0.29, 0.717) is 35.5 Å². The Hall–Kier alpha value is 3.09. The van der Waals surface area contributed by atoms with Crippen LogP contribution in [0.25, 0.3) is 0 Å². The van der Waals surface area contributed by atoms with E-state index in [1.54, 1.807) is 0 Å². The van der Waals surface area contributed by atoms with E-state index in [-0.39, 0.29) is 29.6 Å². The molecular formula is H12N5NaP6. The zero-order valence-electron chi connectivity index (χ0n) is 5.52. The monoisotopic (exact) mass is 291 g/mol.